The summed E-state index contributed by atoms with van der Waals surface area (Å²) in [4.78, 5) is 15.7. The van der Waals surface area contributed by atoms with Gasteiger partial charge in [0.2, 0.25) is 5.91 Å². The zero-order valence-electron chi connectivity index (χ0n) is 14.3. The predicted molar refractivity (Wildman–Crippen MR) is 101 cm³/mol. The van der Waals surface area contributed by atoms with Gasteiger partial charge >= 0.3 is 0 Å². The second kappa shape index (κ2) is 7.57. The maximum absolute atomic E-state index is 12.8. The SMILES string of the molecule is Cc1ccsc1CN(C)C(=O)C1CCCN(S(=O)(=O)c2cccs2)C1. The zero-order valence-corrected chi connectivity index (χ0v) is 16.8. The smallest absolute Gasteiger partial charge is 0.252 e. The topological polar surface area (TPSA) is 57.7 Å². The van der Waals surface area contributed by atoms with E-state index in [-0.39, 0.29) is 18.4 Å². The minimum atomic E-state index is -3.48. The van der Waals surface area contributed by atoms with Crippen LogP contribution < -0.4 is 0 Å². The van der Waals surface area contributed by atoms with Gasteiger partial charge in [-0.05, 0) is 48.2 Å². The summed E-state index contributed by atoms with van der Waals surface area (Å²) in [6.07, 6.45) is 1.45. The van der Waals surface area contributed by atoms with Crippen molar-refractivity contribution in [2.45, 2.75) is 30.5 Å². The Hall–Kier alpha value is -1.22. The molecular weight excluding hydrogens is 376 g/mol. The lowest BCUT2D eigenvalue weighted by molar-refractivity contribution is -0.135. The molecule has 0 N–H and O–H groups in total. The van der Waals surface area contributed by atoms with Crippen molar-refractivity contribution in [2.75, 3.05) is 20.1 Å². The van der Waals surface area contributed by atoms with E-state index in [1.807, 2.05) is 18.4 Å². The number of aryl methyl sites for hydroxylation is 1. The van der Waals surface area contributed by atoms with Crippen molar-refractivity contribution in [3.63, 3.8) is 0 Å². The molecule has 0 saturated carbocycles. The molecule has 1 amide bonds. The summed E-state index contributed by atoms with van der Waals surface area (Å²) in [5.74, 6) is -0.243. The van der Waals surface area contributed by atoms with E-state index < -0.39 is 10.0 Å². The van der Waals surface area contributed by atoms with E-state index in [0.717, 1.165) is 6.42 Å². The van der Waals surface area contributed by atoms with Gasteiger partial charge in [0.25, 0.3) is 10.0 Å². The first-order valence-electron chi connectivity index (χ1n) is 8.21. The van der Waals surface area contributed by atoms with E-state index >= 15 is 0 Å². The molecule has 1 atom stereocenters. The monoisotopic (exact) mass is 398 g/mol. The molecule has 1 fully saturated rings. The fraction of sp³-hybridized carbons (Fsp3) is 0.471. The summed E-state index contributed by atoms with van der Waals surface area (Å²) in [5.41, 5.74) is 1.19. The first-order chi connectivity index (χ1) is 11.9. The summed E-state index contributed by atoms with van der Waals surface area (Å²) in [5, 5.41) is 3.79. The first-order valence-corrected chi connectivity index (χ1v) is 11.4. The number of carbonyl (C=O) groups is 1. The predicted octanol–water partition coefficient (Wildman–Crippen LogP) is 3.18. The van der Waals surface area contributed by atoms with Gasteiger partial charge in [-0.15, -0.1) is 22.7 Å². The number of hydrogen-bond donors (Lipinski definition) is 0. The highest BCUT2D eigenvalue weighted by molar-refractivity contribution is 7.91. The maximum atomic E-state index is 12.8. The third-order valence-corrected chi connectivity index (χ3v) is 8.79. The molecule has 2 aromatic heterocycles. The van der Waals surface area contributed by atoms with Gasteiger partial charge in [0.15, 0.2) is 0 Å². The summed E-state index contributed by atoms with van der Waals surface area (Å²) in [6, 6.07) is 5.41. The molecule has 25 heavy (non-hydrogen) atoms. The van der Waals surface area contributed by atoms with Crippen molar-refractivity contribution in [3.8, 4) is 0 Å². The Balaban J connectivity index is 1.68. The molecule has 1 aliphatic rings. The summed E-state index contributed by atoms with van der Waals surface area (Å²) in [7, 11) is -1.68. The van der Waals surface area contributed by atoms with Crippen molar-refractivity contribution in [2.24, 2.45) is 5.92 Å². The van der Waals surface area contributed by atoms with Crippen molar-refractivity contribution in [3.05, 3.63) is 39.4 Å². The largest absolute Gasteiger partial charge is 0.340 e. The van der Waals surface area contributed by atoms with Gasteiger partial charge < -0.3 is 4.90 Å². The Bertz CT molecular complexity index is 827. The zero-order chi connectivity index (χ0) is 18.0. The lowest BCUT2D eigenvalue weighted by atomic mass is 9.98. The second-order valence-corrected chi connectivity index (χ2v) is 10.5. The molecule has 136 valence electrons. The normalized spacial score (nSPS) is 19.0. The van der Waals surface area contributed by atoms with E-state index in [1.54, 1.807) is 40.8 Å². The minimum absolute atomic E-state index is 0.0267. The second-order valence-electron chi connectivity index (χ2n) is 6.36. The van der Waals surface area contributed by atoms with Crippen LogP contribution in [0.15, 0.2) is 33.2 Å². The molecular formula is C17H22N2O3S3. The fourth-order valence-electron chi connectivity index (χ4n) is 3.07. The number of hydrogen-bond acceptors (Lipinski definition) is 5. The van der Waals surface area contributed by atoms with E-state index in [9.17, 15) is 13.2 Å². The Morgan fingerprint density at radius 2 is 2.12 bits per heavy atom. The maximum Gasteiger partial charge on any atom is 0.252 e. The molecule has 3 heterocycles. The van der Waals surface area contributed by atoms with Gasteiger partial charge in [0.05, 0.1) is 12.5 Å². The van der Waals surface area contributed by atoms with Crippen molar-refractivity contribution >= 4 is 38.6 Å². The Kier molecular flexibility index (Phi) is 5.62. The van der Waals surface area contributed by atoms with Crippen LogP contribution in [0.5, 0.6) is 0 Å². The number of carbonyl (C=O) groups excluding carboxylic acids is 1. The number of sulfonamides is 1. The average Bonchev–Trinajstić information content (AvgIpc) is 3.27. The third kappa shape index (κ3) is 3.97. The number of amides is 1. The van der Waals surface area contributed by atoms with Gasteiger partial charge in [-0.1, -0.05) is 6.07 Å². The molecule has 8 heteroatoms. The molecule has 5 nitrogen and oxygen atoms in total. The molecule has 0 aromatic carbocycles. The van der Waals surface area contributed by atoms with E-state index in [4.69, 9.17) is 0 Å². The number of thiophene rings is 2. The van der Waals surface area contributed by atoms with Crippen LogP contribution in [-0.4, -0.2) is 43.7 Å². The molecule has 2 aromatic rings. The fourth-order valence-corrected chi connectivity index (χ4v) is 6.70. The highest BCUT2D eigenvalue weighted by atomic mass is 32.2. The number of rotatable bonds is 5. The van der Waals surface area contributed by atoms with Gasteiger partial charge in [-0.3, -0.25) is 4.79 Å². The van der Waals surface area contributed by atoms with Crippen molar-refractivity contribution < 1.29 is 13.2 Å². The first kappa shape index (κ1) is 18.6. The van der Waals surface area contributed by atoms with Crippen molar-refractivity contribution in [1.29, 1.82) is 0 Å². The van der Waals surface area contributed by atoms with Crippen LogP contribution in [0.4, 0.5) is 0 Å². The van der Waals surface area contributed by atoms with Crippen LogP contribution in [0.3, 0.4) is 0 Å². The molecule has 0 spiro atoms. The van der Waals surface area contributed by atoms with Gasteiger partial charge in [0, 0.05) is 25.0 Å². The minimum Gasteiger partial charge on any atom is -0.340 e. The highest BCUT2D eigenvalue weighted by Gasteiger charge is 2.34. The summed E-state index contributed by atoms with van der Waals surface area (Å²) in [6.45, 7) is 3.38. The van der Waals surface area contributed by atoms with Gasteiger partial charge in [-0.25, -0.2) is 8.42 Å². The van der Waals surface area contributed by atoms with Crippen LogP contribution >= 0.6 is 22.7 Å². The van der Waals surface area contributed by atoms with Crippen LogP contribution in [0.2, 0.25) is 0 Å². The molecule has 3 rings (SSSR count). The lowest BCUT2D eigenvalue weighted by Crippen LogP contribution is -2.45. The van der Waals surface area contributed by atoms with E-state index in [2.05, 4.69) is 0 Å². The highest BCUT2D eigenvalue weighted by Crippen LogP contribution is 2.27. The van der Waals surface area contributed by atoms with E-state index in [1.165, 1.54) is 26.1 Å². The van der Waals surface area contributed by atoms with Crippen LogP contribution in [0, 0.1) is 12.8 Å². The number of nitrogens with zero attached hydrogens (tertiary/aromatic N) is 2. The quantitative estimate of drug-likeness (QED) is 0.777. The third-order valence-electron chi connectivity index (χ3n) is 4.55. The Morgan fingerprint density at radius 1 is 1.32 bits per heavy atom. The Morgan fingerprint density at radius 3 is 2.76 bits per heavy atom. The van der Waals surface area contributed by atoms with E-state index in [0.29, 0.717) is 23.7 Å². The number of piperidine rings is 1. The molecule has 1 saturated heterocycles. The van der Waals surface area contributed by atoms with Crippen LogP contribution in [0.1, 0.15) is 23.3 Å². The molecule has 1 unspecified atom stereocenters. The van der Waals surface area contributed by atoms with Gasteiger partial charge in [0.1, 0.15) is 4.21 Å². The lowest BCUT2D eigenvalue weighted by Gasteiger charge is -2.33. The average molecular weight is 399 g/mol. The standard InChI is InChI=1S/C17H22N2O3S3/c1-13-7-10-23-15(13)12-18(2)17(20)14-5-3-8-19(11-14)25(21,22)16-6-4-9-24-16/h4,6-7,9-10,14H,3,5,8,11-12H2,1-2H3. The molecule has 0 aliphatic carbocycles. The Labute approximate surface area is 156 Å². The van der Waals surface area contributed by atoms with Crippen LogP contribution in [-0.2, 0) is 21.4 Å². The van der Waals surface area contributed by atoms with Crippen molar-refractivity contribution in [1.82, 2.24) is 9.21 Å². The molecule has 1 aliphatic heterocycles. The molecule has 0 radical (unpaired) electrons. The van der Waals surface area contributed by atoms with Crippen LogP contribution in [0.25, 0.3) is 0 Å². The van der Waals surface area contributed by atoms with Gasteiger partial charge in [-0.2, -0.15) is 4.31 Å². The molecule has 0 bridgehead atoms. The summed E-state index contributed by atoms with van der Waals surface area (Å²) < 4.78 is 27.2. The summed E-state index contributed by atoms with van der Waals surface area (Å²) >= 11 is 2.87.